The standard InChI is InChI=1S/C18H19FN2O8/c1-28-14(8-5-3-2-4-6-8)10(22)11(23)15-12(24)13(25)17(29-15)21-7-9(19)16(26)20-18(21)27/h2-7,11-15,17,23-25H,1H3,(H,20,26,27)/t11?,12-,13+,14?,15+,17?/m0/s1. The highest BCUT2D eigenvalue weighted by atomic mass is 19.1. The number of carbonyl (C=O) groups is 1. The molecular weight excluding hydrogens is 391 g/mol. The Bertz CT molecular complexity index is 991. The van der Waals surface area contributed by atoms with Crippen LogP contribution in [0, 0.1) is 5.82 Å². The first kappa shape index (κ1) is 21.0. The van der Waals surface area contributed by atoms with Crippen LogP contribution in [0.4, 0.5) is 4.39 Å². The minimum Gasteiger partial charge on any atom is -0.387 e. The van der Waals surface area contributed by atoms with E-state index in [2.05, 4.69) is 0 Å². The summed E-state index contributed by atoms with van der Waals surface area (Å²) in [5, 5.41) is 30.9. The van der Waals surface area contributed by atoms with Gasteiger partial charge >= 0.3 is 5.69 Å². The predicted octanol–water partition coefficient (Wildman–Crippen LogP) is -1.39. The number of hydrogen-bond acceptors (Lipinski definition) is 8. The van der Waals surface area contributed by atoms with Crippen LogP contribution in [0.25, 0.3) is 0 Å². The summed E-state index contributed by atoms with van der Waals surface area (Å²) >= 11 is 0. The number of nitrogens with one attached hydrogen (secondary N) is 1. The molecule has 0 radical (unpaired) electrons. The number of rotatable bonds is 6. The molecule has 0 aliphatic carbocycles. The molecule has 2 heterocycles. The largest absolute Gasteiger partial charge is 0.387 e. The lowest BCUT2D eigenvalue weighted by Crippen LogP contribution is -2.44. The van der Waals surface area contributed by atoms with E-state index in [1.807, 2.05) is 0 Å². The van der Waals surface area contributed by atoms with Gasteiger partial charge in [-0.15, -0.1) is 0 Å². The van der Waals surface area contributed by atoms with Crippen LogP contribution in [-0.4, -0.2) is 62.2 Å². The number of methoxy groups -OCH3 is 1. The molecule has 1 aromatic carbocycles. The summed E-state index contributed by atoms with van der Waals surface area (Å²) in [5.41, 5.74) is -1.92. The Balaban J connectivity index is 1.86. The number of carbonyl (C=O) groups excluding carboxylic acids is 1. The van der Waals surface area contributed by atoms with Gasteiger partial charge < -0.3 is 24.8 Å². The molecule has 0 saturated carbocycles. The maximum absolute atomic E-state index is 13.5. The number of aliphatic hydroxyl groups is 3. The number of aliphatic hydroxyl groups excluding tert-OH is 3. The molecule has 0 spiro atoms. The zero-order valence-corrected chi connectivity index (χ0v) is 15.1. The Morgan fingerprint density at radius 3 is 2.52 bits per heavy atom. The Morgan fingerprint density at radius 2 is 1.90 bits per heavy atom. The smallest absolute Gasteiger partial charge is 0.330 e. The third-order valence-electron chi connectivity index (χ3n) is 4.67. The molecule has 3 rings (SSSR count). The average molecular weight is 410 g/mol. The van der Waals surface area contributed by atoms with Gasteiger partial charge in [-0.25, -0.2) is 4.79 Å². The highest BCUT2D eigenvalue weighted by Gasteiger charge is 2.50. The molecular formula is C18H19FN2O8. The number of hydrogen-bond donors (Lipinski definition) is 4. The van der Waals surface area contributed by atoms with Gasteiger partial charge in [0.05, 0.1) is 6.20 Å². The quantitative estimate of drug-likeness (QED) is 0.455. The molecule has 156 valence electrons. The number of Topliss-reactive ketones (excluding diaryl/α,β-unsaturated/α-hetero) is 1. The fourth-order valence-corrected chi connectivity index (χ4v) is 3.19. The average Bonchev–Trinajstić information content (AvgIpc) is 3.00. The van der Waals surface area contributed by atoms with E-state index in [-0.39, 0.29) is 0 Å². The van der Waals surface area contributed by atoms with Gasteiger partial charge in [-0.05, 0) is 5.56 Å². The summed E-state index contributed by atoms with van der Waals surface area (Å²) in [6.45, 7) is 0. The van der Waals surface area contributed by atoms with Crippen LogP contribution >= 0.6 is 0 Å². The van der Waals surface area contributed by atoms with Crippen LogP contribution in [0.15, 0.2) is 46.1 Å². The molecule has 4 N–H and O–H groups in total. The molecule has 29 heavy (non-hydrogen) atoms. The van der Waals surface area contributed by atoms with Gasteiger partial charge in [0, 0.05) is 7.11 Å². The second-order valence-corrected chi connectivity index (χ2v) is 6.49. The molecule has 1 aliphatic rings. The molecule has 1 aromatic heterocycles. The topological polar surface area (TPSA) is 151 Å². The fourth-order valence-electron chi connectivity index (χ4n) is 3.19. The number of aromatic amines is 1. The summed E-state index contributed by atoms with van der Waals surface area (Å²) in [5.74, 6) is -2.17. The zero-order valence-electron chi connectivity index (χ0n) is 15.1. The monoisotopic (exact) mass is 410 g/mol. The molecule has 10 nitrogen and oxygen atoms in total. The maximum Gasteiger partial charge on any atom is 0.330 e. The van der Waals surface area contributed by atoms with E-state index in [9.17, 15) is 34.1 Å². The number of benzene rings is 1. The summed E-state index contributed by atoms with van der Waals surface area (Å²) < 4.78 is 24.5. The number of halogens is 1. The Hall–Kier alpha value is -2.70. The Morgan fingerprint density at radius 1 is 1.24 bits per heavy atom. The van der Waals surface area contributed by atoms with Crippen molar-refractivity contribution in [2.24, 2.45) is 0 Å². The van der Waals surface area contributed by atoms with Gasteiger partial charge in [0.25, 0.3) is 5.56 Å². The number of H-pyrrole nitrogens is 1. The minimum absolute atomic E-state index is 0.447. The van der Waals surface area contributed by atoms with E-state index < -0.39 is 59.6 Å². The van der Waals surface area contributed by atoms with Gasteiger partial charge in [0.2, 0.25) is 5.82 Å². The number of nitrogens with zero attached hydrogens (tertiary/aromatic N) is 1. The predicted molar refractivity (Wildman–Crippen MR) is 94.4 cm³/mol. The highest BCUT2D eigenvalue weighted by molar-refractivity contribution is 5.89. The maximum atomic E-state index is 13.5. The van der Waals surface area contributed by atoms with E-state index in [0.29, 0.717) is 16.3 Å². The first-order valence-electron chi connectivity index (χ1n) is 8.58. The van der Waals surface area contributed by atoms with E-state index in [4.69, 9.17) is 9.47 Å². The van der Waals surface area contributed by atoms with Gasteiger partial charge in [-0.1, -0.05) is 30.3 Å². The summed E-state index contributed by atoms with van der Waals surface area (Å²) in [4.78, 5) is 37.5. The zero-order chi connectivity index (χ0) is 21.3. The fraction of sp³-hybridized carbons (Fsp3) is 0.389. The molecule has 3 unspecified atom stereocenters. The van der Waals surface area contributed by atoms with Crippen molar-refractivity contribution in [3.63, 3.8) is 0 Å². The van der Waals surface area contributed by atoms with Crippen LogP contribution in [0.5, 0.6) is 0 Å². The second kappa shape index (κ2) is 8.35. The third kappa shape index (κ3) is 3.91. The number of aromatic nitrogens is 2. The van der Waals surface area contributed by atoms with Crippen LogP contribution in [0.3, 0.4) is 0 Å². The molecule has 11 heteroatoms. The van der Waals surface area contributed by atoms with E-state index in [1.165, 1.54) is 7.11 Å². The van der Waals surface area contributed by atoms with Crippen molar-refractivity contribution in [1.82, 2.24) is 9.55 Å². The molecule has 0 amide bonds. The second-order valence-electron chi connectivity index (χ2n) is 6.49. The van der Waals surface area contributed by atoms with Crippen molar-refractivity contribution < 1.29 is 34.0 Å². The number of ketones is 1. The SMILES string of the molecule is COC(C(=O)C(O)[C@H]1OC(n2cc(F)c(=O)[nH]c2=O)[C@H](O)[C@@H]1O)c1ccccc1. The molecule has 2 aromatic rings. The van der Waals surface area contributed by atoms with Gasteiger partial charge in [0.15, 0.2) is 12.0 Å². The lowest BCUT2D eigenvalue weighted by atomic mass is 9.96. The highest BCUT2D eigenvalue weighted by Crippen LogP contribution is 2.32. The first-order valence-corrected chi connectivity index (χ1v) is 8.58. The minimum atomic E-state index is -1.93. The molecule has 1 fully saturated rings. The van der Waals surface area contributed by atoms with Crippen LogP contribution < -0.4 is 11.2 Å². The third-order valence-corrected chi connectivity index (χ3v) is 4.67. The molecule has 0 bridgehead atoms. The van der Waals surface area contributed by atoms with Gasteiger partial charge in [0.1, 0.15) is 30.5 Å². The van der Waals surface area contributed by atoms with Crippen molar-refractivity contribution in [3.8, 4) is 0 Å². The Labute approximate surface area is 162 Å². The van der Waals surface area contributed by atoms with Crippen molar-refractivity contribution in [1.29, 1.82) is 0 Å². The van der Waals surface area contributed by atoms with Gasteiger partial charge in [-0.2, -0.15) is 4.39 Å². The molecule has 6 atom stereocenters. The number of ether oxygens (including phenoxy) is 2. The summed E-state index contributed by atoms with van der Waals surface area (Å²) in [6.07, 6.45) is -9.46. The van der Waals surface area contributed by atoms with Crippen molar-refractivity contribution in [3.05, 3.63) is 68.7 Å². The summed E-state index contributed by atoms with van der Waals surface area (Å²) in [7, 11) is 1.26. The van der Waals surface area contributed by atoms with E-state index in [1.54, 1.807) is 35.3 Å². The van der Waals surface area contributed by atoms with Crippen LogP contribution in [0.1, 0.15) is 17.9 Å². The van der Waals surface area contributed by atoms with Gasteiger partial charge in [-0.3, -0.25) is 19.1 Å². The van der Waals surface area contributed by atoms with E-state index >= 15 is 0 Å². The molecule has 1 aliphatic heterocycles. The van der Waals surface area contributed by atoms with Crippen LogP contribution in [0.2, 0.25) is 0 Å². The Kier molecular flexibility index (Phi) is 6.05. The summed E-state index contributed by atoms with van der Waals surface area (Å²) in [6, 6.07) is 8.26. The van der Waals surface area contributed by atoms with Crippen LogP contribution in [-0.2, 0) is 14.3 Å². The first-order chi connectivity index (χ1) is 13.8. The molecule has 1 saturated heterocycles. The van der Waals surface area contributed by atoms with Crippen molar-refractivity contribution in [2.45, 2.75) is 36.7 Å². The normalized spacial score (nSPS) is 26.2. The van der Waals surface area contributed by atoms with Crippen molar-refractivity contribution in [2.75, 3.05) is 7.11 Å². The lowest BCUT2D eigenvalue weighted by molar-refractivity contribution is -0.151. The lowest BCUT2D eigenvalue weighted by Gasteiger charge is -2.24. The van der Waals surface area contributed by atoms with Crippen molar-refractivity contribution >= 4 is 5.78 Å². The van der Waals surface area contributed by atoms with E-state index in [0.717, 1.165) is 0 Å².